The van der Waals surface area contributed by atoms with Crippen LogP contribution in [0.1, 0.15) is 31.2 Å². The first kappa shape index (κ1) is 15.6. The molecule has 2 rings (SSSR count). The van der Waals surface area contributed by atoms with E-state index in [2.05, 4.69) is 0 Å². The maximum absolute atomic E-state index is 12.5. The highest BCUT2D eigenvalue weighted by atomic mass is 19.4. The van der Waals surface area contributed by atoms with Crippen molar-refractivity contribution in [2.24, 2.45) is 5.92 Å². The van der Waals surface area contributed by atoms with E-state index in [0.717, 1.165) is 25.0 Å². The zero-order valence-corrected chi connectivity index (χ0v) is 11.5. The summed E-state index contributed by atoms with van der Waals surface area (Å²) in [5.41, 5.74) is -0.783. The summed E-state index contributed by atoms with van der Waals surface area (Å²) in [5.74, 6) is 0.259. The number of benzene rings is 1. The van der Waals surface area contributed by atoms with Crippen LogP contribution < -0.4 is 4.74 Å². The van der Waals surface area contributed by atoms with Gasteiger partial charge in [-0.1, -0.05) is 25.0 Å². The summed E-state index contributed by atoms with van der Waals surface area (Å²) in [4.78, 5) is 11.6. The minimum Gasteiger partial charge on any atom is -0.485 e. The molecule has 0 saturated heterocycles. The van der Waals surface area contributed by atoms with Crippen molar-refractivity contribution in [3.8, 4) is 5.75 Å². The van der Waals surface area contributed by atoms with Gasteiger partial charge in [0.05, 0.1) is 5.56 Å². The molecule has 5 heteroatoms. The van der Waals surface area contributed by atoms with Gasteiger partial charge in [0.2, 0.25) is 0 Å². The molecule has 0 atom stereocenters. The molecule has 0 heterocycles. The lowest BCUT2D eigenvalue weighted by Gasteiger charge is -2.09. The summed E-state index contributed by atoms with van der Waals surface area (Å²) < 4.78 is 42.7. The van der Waals surface area contributed by atoms with Crippen LogP contribution in [0, 0.1) is 5.92 Å². The van der Waals surface area contributed by atoms with E-state index in [1.54, 1.807) is 0 Å². The molecule has 0 aliphatic heterocycles. The standard InChI is InChI=1S/C16H17F3O2/c17-16(18,19)13-6-3-7-15(10-13)21-11-14(20)9-8-12-4-1-2-5-12/h3,6-10,12H,1-2,4-5,11H2/b9-8+. The highest BCUT2D eigenvalue weighted by molar-refractivity contribution is 5.90. The second kappa shape index (κ2) is 6.78. The Morgan fingerprint density at radius 2 is 2.00 bits per heavy atom. The van der Waals surface area contributed by atoms with Crippen molar-refractivity contribution < 1.29 is 22.7 Å². The quantitative estimate of drug-likeness (QED) is 0.753. The van der Waals surface area contributed by atoms with E-state index in [1.807, 2.05) is 6.08 Å². The molecule has 1 aliphatic carbocycles. The minimum absolute atomic E-state index is 0.0486. The number of ketones is 1. The number of hydrogen-bond donors (Lipinski definition) is 0. The third-order valence-corrected chi connectivity index (χ3v) is 3.50. The van der Waals surface area contributed by atoms with Gasteiger partial charge in [0.25, 0.3) is 0 Å². The van der Waals surface area contributed by atoms with Crippen LogP contribution in [0.5, 0.6) is 5.75 Å². The molecule has 1 aromatic carbocycles. The molecule has 0 aromatic heterocycles. The molecule has 1 aliphatic rings. The van der Waals surface area contributed by atoms with E-state index >= 15 is 0 Å². The van der Waals surface area contributed by atoms with Crippen molar-refractivity contribution in [1.29, 1.82) is 0 Å². The third-order valence-electron chi connectivity index (χ3n) is 3.50. The fourth-order valence-corrected chi connectivity index (χ4v) is 2.36. The normalized spacial score (nSPS) is 16.5. The lowest BCUT2D eigenvalue weighted by atomic mass is 10.1. The van der Waals surface area contributed by atoms with E-state index in [0.29, 0.717) is 5.92 Å². The SMILES string of the molecule is O=C(/C=C/C1CCCC1)COc1cccc(C(F)(F)F)c1. The Bertz CT molecular complexity index is 514. The zero-order chi connectivity index (χ0) is 15.3. The number of allylic oxidation sites excluding steroid dienone is 1. The first-order chi connectivity index (χ1) is 9.95. The lowest BCUT2D eigenvalue weighted by Crippen LogP contribution is -2.10. The molecule has 0 radical (unpaired) electrons. The average Bonchev–Trinajstić information content (AvgIpc) is 2.95. The monoisotopic (exact) mass is 298 g/mol. The van der Waals surface area contributed by atoms with Crippen LogP contribution >= 0.6 is 0 Å². The van der Waals surface area contributed by atoms with Gasteiger partial charge in [0.15, 0.2) is 12.4 Å². The van der Waals surface area contributed by atoms with Gasteiger partial charge in [0.1, 0.15) is 5.75 Å². The second-order valence-electron chi connectivity index (χ2n) is 5.18. The zero-order valence-electron chi connectivity index (χ0n) is 11.5. The van der Waals surface area contributed by atoms with Crippen molar-refractivity contribution in [2.75, 3.05) is 6.61 Å². The molecule has 0 spiro atoms. The van der Waals surface area contributed by atoms with Crippen LogP contribution in [-0.4, -0.2) is 12.4 Å². The summed E-state index contributed by atoms with van der Waals surface area (Å²) in [6, 6.07) is 4.53. The predicted molar refractivity (Wildman–Crippen MR) is 73.0 cm³/mol. The Morgan fingerprint density at radius 1 is 1.29 bits per heavy atom. The van der Waals surface area contributed by atoms with Crippen LogP contribution in [0.2, 0.25) is 0 Å². The fraction of sp³-hybridized carbons (Fsp3) is 0.438. The van der Waals surface area contributed by atoms with E-state index in [4.69, 9.17) is 4.74 Å². The summed E-state index contributed by atoms with van der Waals surface area (Å²) in [6.45, 7) is -0.246. The molecule has 0 bridgehead atoms. The number of alkyl halides is 3. The second-order valence-corrected chi connectivity index (χ2v) is 5.18. The Hall–Kier alpha value is -1.78. The van der Waals surface area contributed by atoms with Gasteiger partial charge in [-0.3, -0.25) is 4.79 Å². The fourth-order valence-electron chi connectivity index (χ4n) is 2.36. The van der Waals surface area contributed by atoms with Crippen molar-refractivity contribution in [1.82, 2.24) is 0 Å². The van der Waals surface area contributed by atoms with Gasteiger partial charge in [-0.2, -0.15) is 13.2 Å². The van der Waals surface area contributed by atoms with E-state index in [9.17, 15) is 18.0 Å². The largest absolute Gasteiger partial charge is 0.485 e. The first-order valence-electron chi connectivity index (χ1n) is 6.96. The van der Waals surface area contributed by atoms with Crippen molar-refractivity contribution in [2.45, 2.75) is 31.9 Å². The molecule has 2 nitrogen and oxygen atoms in total. The Morgan fingerprint density at radius 3 is 2.67 bits per heavy atom. The number of carbonyl (C=O) groups excluding carboxylic acids is 1. The molecule has 0 amide bonds. The maximum atomic E-state index is 12.5. The Labute approximate surface area is 121 Å². The Kier molecular flexibility index (Phi) is 5.04. The van der Waals surface area contributed by atoms with E-state index in [-0.39, 0.29) is 18.1 Å². The van der Waals surface area contributed by atoms with Gasteiger partial charge in [-0.15, -0.1) is 0 Å². The number of carbonyl (C=O) groups is 1. The smallest absolute Gasteiger partial charge is 0.416 e. The molecule has 0 unspecified atom stereocenters. The van der Waals surface area contributed by atoms with Crippen LogP contribution in [0.4, 0.5) is 13.2 Å². The molecule has 1 fully saturated rings. The van der Waals surface area contributed by atoms with Gasteiger partial charge in [-0.25, -0.2) is 0 Å². The van der Waals surface area contributed by atoms with Gasteiger partial charge in [0, 0.05) is 0 Å². The van der Waals surface area contributed by atoms with Crippen LogP contribution in [0.25, 0.3) is 0 Å². The first-order valence-corrected chi connectivity index (χ1v) is 6.96. The van der Waals surface area contributed by atoms with Gasteiger partial charge < -0.3 is 4.74 Å². The third kappa shape index (κ3) is 4.92. The van der Waals surface area contributed by atoms with Crippen molar-refractivity contribution in [3.63, 3.8) is 0 Å². The van der Waals surface area contributed by atoms with E-state index in [1.165, 1.54) is 31.1 Å². The molecule has 114 valence electrons. The van der Waals surface area contributed by atoms with E-state index < -0.39 is 11.7 Å². The number of halogens is 3. The Balaban J connectivity index is 1.86. The lowest BCUT2D eigenvalue weighted by molar-refractivity contribution is -0.137. The number of ether oxygens (including phenoxy) is 1. The summed E-state index contributed by atoms with van der Waals surface area (Å²) in [6.07, 6.45) is 3.50. The minimum atomic E-state index is -4.41. The topological polar surface area (TPSA) is 26.3 Å². The highest BCUT2D eigenvalue weighted by Gasteiger charge is 2.30. The molecular formula is C16H17F3O2. The maximum Gasteiger partial charge on any atom is 0.416 e. The summed E-state index contributed by atoms with van der Waals surface area (Å²) >= 11 is 0. The molecule has 21 heavy (non-hydrogen) atoms. The van der Waals surface area contributed by atoms with Gasteiger partial charge >= 0.3 is 6.18 Å². The van der Waals surface area contributed by atoms with Crippen LogP contribution in [0.15, 0.2) is 36.4 Å². The predicted octanol–water partition coefficient (Wildman–Crippen LogP) is 4.40. The summed E-state index contributed by atoms with van der Waals surface area (Å²) in [5, 5.41) is 0. The summed E-state index contributed by atoms with van der Waals surface area (Å²) in [7, 11) is 0. The molecule has 1 saturated carbocycles. The van der Waals surface area contributed by atoms with Crippen LogP contribution in [-0.2, 0) is 11.0 Å². The molecule has 1 aromatic rings. The highest BCUT2D eigenvalue weighted by Crippen LogP contribution is 2.31. The van der Waals surface area contributed by atoms with Gasteiger partial charge in [-0.05, 0) is 43.0 Å². The van der Waals surface area contributed by atoms with Crippen molar-refractivity contribution in [3.05, 3.63) is 42.0 Å². The molecular weight excluding hydrogens is 281 g/mol. The van der Waals surface area contributed by atoms with Crippen molar-refractivity contribution >= 4 is 5.78 Å². The van der Waals surface area contributed by atoms with Crippen LogP contribution in [0.3, 0.4) is 0 Å². The number of rotatable bonds is 5. The molecule has 0 N–H and O–H groups in total. The average molecular weight is 298 g/mol. The number of hydrogen-bond acceptors (Lipinski definition) is 2.